The number of aromatic nitrogens is 1. The highest BCUT2D eigenvalue weighted by molar-refractivity contribution is 7.89. The van der Waals surface area contributed by atoms with E-state index in [-0.39, 0.29) is 17.9 Å². The highest BCUT2D eigenvalue weighted by Crippen LogP contribution is 2.27. The van der Waals surface area contributed by atoms with Gasteiger partial charge in [-0.05, 0) is 54.8 Å². The molecule has 1 saturated heterocycles. The predicted molar refractivity (Wildman–Crippen MR) is 97.9 cm³/mol. The molecule has 0 aliphatic carbocycles. The molecule has 1 amide bonds. The first kappa shape index (κ1) is 20.2. The molecule has 1 aliphatic rings. The van der Waals surface area contributed by atoms with Crippen molar-refractivity contribution in [3.63, 3.8) is 0 Å². The van der Waals surface area contributed by atoms with Crippen molar-refractivity contribution in [3.05, 3.63) is 54.4 Å². The van der Waals surface area contributed by atoms with Crippen LogP contribution in [0.4, 0.5) is 0 Å². The Morgan fingerprint density at radius 3 is 2.54 bits per heavy atom. The van der Waals surface area contributed by atoms with Crippen LogP contribution in [0.3, 0.4) is 0 Å². The molecule has 1 aliphatic heterocycles. The zero-order chi connectivity index (χ0) is 20.1. The van der Waals surface area contributed by atoms with Crippen molar-refractivity contribution in [2.75, 3.05) is 6.54 Å². The lowest BCUT2D eigenvalue weighted by molar-refractivity contribution is -0.138. The van der Waals surface area contributed by atoms with Crippen LogP contribution in [0, 0.1) is 0 Å². The molecule has 28 heavy (non-hydrogen) atoms. The highest BCUT2D eigenvalue weighted by Gasteiger charge is 2.42. The van der Waals surface area contributed by atoms with E-state index in [9.17, 15) is 18.3 Å². The zero-order valence-electron chi connectivity index (χ0n) is 14.9. The van der Waals surface area contributed by atoms with Gasteiger partial charge in [0.2, 0.25) is 10.0 Å². The molecule has 0 saturated carbocycles. The Kier molecular flexibility index (Phi) is 6.25. The van der Waals surface area contributed by atoms with Gasteiger partial charge in [-0.3, -0.25) is 15.0 Å². The zero-order valence-corrected chi connectivity index (χ0v) is 15.7. The quantitative estimate of drug-likeness (QED) is 0.474. The Labute approximate surface area is 162 Å². The number of carbonyl (C=O) groups is 1. The minimum Gasteiger partial charge on any atom is -0.489 e. The summed E-state index contributed by atoms with van der Waals surface area (Å²) in [4.78, 5) is 15.8. The molecule has 2 heterocycles. The van der Waals surface area contributed by atoms with Crippen molar-refractivity contribution in [2.45, 2.75) is 36.5 Å². The second-order valence-corrected chi connectivity index (χ2v) is 8.25. The number of nitrogens with zero attached hydrogens (tertiary/aromatic N) is 2. The van der Waals surface area contributed by atoms with E-state index >= 15 is 0 Å². The molecule has 2 aromatic rings. The van der Waals surface area contributed by atoms with Gasteiger partial charge >= 0.3 is 0 Å². The summed E-state index contributed by atoms with van der Waals surface area (Å²) in [6.45, 7) is 0.378. The third kappa shape index (κ3) is 4.30. The first-order valence-corrected chi connectivity index (χ1v) is 10.1. The minimum atomic E-state index is -4.05. The number of rotatable bonds is 6. The number of pyridine rings is 1. The van der Waals surface area contributed by atoms with E-state index in [2.05, 4.69) is 4.98 Å². The van der Waals surface area contributed by atoms with Gasteiger partial charge in [0.25, 0.3) is 5.91 Å². The fourth-order valence-corrected chi connectivity index (χ4v) is 4.73. The van der Waals surface area contributed by atoms with Crippen LogP contribution in [0.1, 0.15) is 18.4 Å². The van der Waals surface area contributed by atoms with Gasteiger partial charge in [-0.1, -0.05) is 0 Å². The molecular weight excluding hydrogens is 386 g/mol. The van der Waals surface area contributed by atoms with Crippen LogP contribution in [0.2, 0.25) is 0 Å². The minimum absolute atomic E-state index is 0.0337. The summed E-state index contributed by atoms with van der Waals surface area (Å²) in [6, 6.07) is 8.05. The van der Waals surface area contributed by atoms with Gasteiger partial charge in [0.05, 0.1) is 11.0 Å². The van der Waals surface area contributed by atoms with Crippen molar-refractivity contribution in [3.8, 4) is 5.75 Å². The van der Waals surface area contributed by atoms with E-state index in [4.69, 9.17) is 9.94 Å². The molecular formula is C18H21N3O6S. The van der Waals surface area contributed by atoms with Gasteiger partial charge < -0.3 is 9.84 Å². The number of sulfonamides is 1. The van der Waals surface area contributed by atoms with Crippen LogP contribution >= 0.6 is 0 Å². The molecule has 0 unspecified atom stereocenters. The maximum atomic E-state index is 13.0. The van der Waals surface area contributed by atoms with Gasteiger partial charge in [0.1, 0.15) is 18.4 Å². The Balaban J connectivity index is 1.76. The lowest BCUT2D eigenvalue weighted by Gasteiger charge is -2.36. The molecule has 2 atom stereocenters. The average molecular weight is 407 g/mol. The normalized spacial score (nSPS) is 20.5. The number of hydrogen-bond acceptors (Lipinski definition) is 7. The molecule has 150 valence electrons. The Hall–Kier alpha value is -2.53. The molecule has 0 spiro atoms. The second kappa shape index (κ2) is 8.65. The Morgan fingerprint density at radius 1 is 1.21 bits per heavy atom. The Morgan fingerprint density at radius 2 is 1.89 bits per heavy atom. The molecule has 0 bridgehead atoms. The van der Waals surface area contributed by atoms with Crippen LogP contribution < -0.4 is 10.2 Å². The fourth-order valence-electron chi connectivity index (χ4n) is 3.08. The number of aliphatic hydroxyl groups excluding tert-OH is 1. The summed E-state index contributed by atoms with van der Waals surface area (Å²) >= 11 is 0. The second-order valence-electron chi connectivity index (χ2n) is 6.36. The lowest BCUT2D eigenvalue weighted by atomic mass is 10.0. The molecule has 1 aromatic heterocycles. The van der Waals surface area contributed by atoms with E-state index < -0.39 is 28.1 Å². The molecule has 1 aromatic carbocycles. The number of hydroxylamine groups is 1. The Bertz CT molecular complexity index is 905. The molecule has 0 radical (unpaired) electrons. The topological polar surface area (TPSA) is 129 Å². The number of ether oxygens (including phenoxy) is 1. The lowest BCUT2D eigenvalue weighted by Crippen LogP contribution is -2.57. The van der Waals surface area contributed by atoms with E-state index in [1.807, 2.05) is 12.1 Å². The van der Waals surface area contributed by atoms with Gasteiger partial charge in [0, 0.05) is 18.9 Å². The molecule has 9 nitrogen and oxygen atoms in total. The standard InChI is InChI=1S/C18H21N3O6S/c22-16-2-1-11-21(17(16)18(23)20-24)28(25,26)15-5-3-14(4-6-15)27-12-13-7-9-19-10-8-13/h3-10,16-17,22,24H,1-2,11-12H2,(H,20,23)/t16-,17+/m0/s1. The van der Waals surface area contributed by atoms with Crippen molar-refractivity contribution < 1.29 is 28.3 Å². The summed E-state index contributed by atoms with van der Waals surface area (Å²) in [5.74, 6) is -0.479. The highest BCUT2D eigenvalue weighted by atomic mass is 32.2. The van der Waals surface area contributed by atoms with E-state index in [1.54, 1.807) is 12.4 Å². The maximum Gasteiger partial charge on any atom is 0.264 e. The van der Waals surface area contributed by atoms with Crippen LogP contribution in [0.25, 0.3) is 0 Å². The average Bonchev–Trinajstić information content (AvgIpc) is 2.72. The third-order valence-corrected chi connectivity index (χ3v) is 6.41. The number of piperidine rings is 1. The summed E-state index contributed by atoms with van der Waals surface area (Å²) in [5.41, 5.74) is 2.35. The monoisotopic (exact) mass is 407 g/mol. The molecule has 1 fully saturated rings. The molecule has 3 N–H and O–H groups in total. The number of benzene rings is 1. The van der Waals surface area contributed by atoms with Gasteiger partial charge in [0.15, 0.2) is 0 Å². The number of amides is 1. The fraction of sp³-hybridized carbons (Fsp3) is 0.333. The van der Waals surface area contributed by atoms with Gasteiger partial charge in [-0.25, -0.2) is 13.9 Å². The van der Waals surface area contributed by atoms with Crippen LogP contribution in [-0.2, 0) is 21.4 Å². The number of nitrogens with one attached hydrogen (secondary N) is 1. The van der Waals surface area contributed by atoms with Gasteiger partial charge in [-0.2, -0.15) is 4.31 Å². The van der Waals surface area contributed by atoms with Crippen molar-refractivity contribution in [1.29, 1.82) is 0 Å². The summed E-state index contributed by atoms with van der Waals surface area (Å²) in [6.07, 6.45) is 2.79. The van der Waals surface area contributed by atoms with Crippen molar-refractivity contribution >= 4 is 15.9 Å². The predicted octanol–water partition coefficient (Wildman–Crippen LogP) is 0.680. The van der Waals surface area contributed by atoms with E-state index in [1.165, 1.54) is 29.7 Å². The van der Waals surface area contributed by atoms with Crippen LogP contribution in [0.15, 0.2) is 53.7 Å². The summed E-state index contributed by atoms with van der Waals surface area (Å²) < 4.78 is 32.5. The van der Waals surface area contributed by atoms with E-state index in [0.717, 1.165) is 9.87 Å². The van der Waals surface area contributed by atoms with Gasteiger partial charge in [-0.15, -0.1) is 0 Å². The molecule has 3 rings (SSSR count). The van der Waals surface area contributed by atoms with Crippen LogP contribution in [-0.4, -0.2) is 52.6 Å². The first-order chi connectivity index (χ1) is 13.4. The SMILES string of the molecule is O=C(NO)[C@H]1[C@@H](O)CCCN1S(=O)(=O)c1ccc(OCc2ccncc2)cc1. The summed E-state index contributed by atoms with van der Waals surface area (Å²) in [7, 11) is -4.05. The van der Waals surface area contributed by atoms with Crippen molar-refractivity contribution in [1.82, 2.24) is 14.8 Å². The smallest absolute Gasteiger partial charge is 0.264 e. The largest absolute Gasteiger partial charge is 0.489 e. The number of carbonyl (C=O) groups excluding carboxylic acids is 1. The van der Waals surface area contributed by atoms with Crippen molar-refractivity contribution in [2.24, 2.45) is 0 Å². The molecule has 10 heteroatoms. The number of hydrogen-bond donors (Lipinski definition) is 3. The maximum absolute atomic E-state index is 13.0. The summed E-state index contributed by atoms with van der Waals surface area (Å²) in [5, 5.41) is 19.0. The van der Waals surface area contributed by atoms with Crippen LogP contribution in [0.5, 0.6) is 5.75 Å². The van der Waals surface area contributed by atoms with E-state index in [0.29, 0.717) is 18.8 Å². The first-order valence-electron chi connectivity index (χ1n) is 8.69. The third-order valence-electron chi connectivity index (χ3n) is 4.52. The number of aliphatic hydroxyl groups is 1.